The second-order valence-electron chi connectivity index (χ2n) is 7.12. The molecule has 31 heavy (non-hydrogen) atoms. The summed E-state index contributed by atoms with van der Waals surface area (Å²) in [5.74, 6) is 0.469. The Bertz CT molecular complexity index is 1060. The third-order valence-corrected chi connectivity index (χ3v) is 4.74. The van der Waals surface area contributed by atoms with Crippen LogP contribution in [-0.2, 0) is 19.6 Å². The smallest absolute Gasteiger partial charge is 0.250 e. The van der Waals surface area contributed by atoms with Gasteiger partial charge in [-0.2, -0.15) is 0 Å². The lowest BCUT2D eigenvalue weighted by atomic mass is 10.1. The van der Waals surface area contributed by atoms with Gasteiger partial charge in [0.05, 0.1) is 13.1 Å². The molecule has 7 heteroatoms. The highest BCUT2D eigenvalue weighted by Crippen LogP contribution is 2.10. The summed E-state index contributed by atoms with van der Waals surface area (Å²) in [5, 5.41) is 6.51. The molecule has 3 rings (SSSR count). The SMILES string of the molecule is CCNC(=NCc1ccc(C)c(F)c1)NCc1ccc(Cn2ccccc2=O)cc1.I. The van der Waals surface area contributed by atoms with E-state index in [-0.39, 0.29) is 35.4 Å². The number of pyridine rings is 1. The molecular formula is C24H28FIN4O. The number of nitrogens with zero attached hydrogens (tertiary/aromatic N) is 2. The molecular weight excluding hydrogens is 506 g/mol. The highest BCUT2D eigenvalue weighted by molar-refractivity contribution is 14.0. The molecule has 1 heterocycles. The van der Waals surface area contributed by atoms with Crippen LogP contribution < -0.4 is 16.2 Å². The fourth-order valence-corrected chi connectivity index (χ4v) is 2.98. The highest BCUT2D eigenvalue weighted by atomic mass is 127. The number of aliphatic imine (C=N–C) groups is 1. The maximum Gasteiger partial charge on any atom is 0.250 e. The van der Waals surface area contributed by atoms with Gasteiger partial charge in [-0.05, 0) is 48.2 Å². The van der Waals surface area contributed by atoms with Gasteiger partial charge in [0.15, 0.2) is 5.96 Å². The third-order valence-electron chi connectivity index (χ3n) is 4.74. The van der Waals surface area contributed by atoms with Crippen molar-refractivity contribution in [2.45, 2.75) is 33.5 Å². The van der Waals surface area contributed by atoms with E-state index in [0.29, 0.717) is 31.2 Å². The van der Waals surface area contributed by atoms with E-state index in [1.165, 1.54) is 6.07 Å². The predicted octanol–water partition coefficient (Wildman–Crippen LogP) is 4.22. The average Bonchev–Trinajstić information content (AvgIpc) is 2.75. The number of aryl methyl sites for hydroxylation is 1. The van der Waals surface area contributed by atoms with Gasteiger partial charge in [0.25, 0.3) is 5.56 Å². The maximum absolute atomic E-state index is 13.7. The Morgan fingerprint density at radius 1 is 1.00 bits per heavy atom. The monoisotopic (exact) mass is 534 g/mol. The summed E-state index contributed by atoms with van der Waals surface area (Å²) in [7, 11) is 0. The first kappa shape index (κ1) is 24.6. The van der Waals surface area contributed by atoms with E-state index in [1.54, 1.807) is 35.9 Å². The van der Waals surface area contributed by atoms with E-state index >= 15 is 0 Å². The lowest BCUT2D eigenvalue weighted by molar-refractivity contribution is 0.616. The molecule has 0 saturated carbocycles. The first-order valence-electron chi connectivity index (χ1n) is 10.1. The van der Waals surface area contributed by atoms with Crippen LogP contribution in [0.4, 0.5) is 4.39 Å². The van der Waals surface area contributed by atoms with E-state index in [2.05, 4.69) is 15.6 Å². The molecule has 164 valence electrons. The van der Waals surface area contributed by atoms with Crippen molar-refractivity contribution in [2.75, 3.05) is 6.54 Å². The molecule has 0 aliphatic rings. The maximum atomic E-state index is 13.7. The Hall–Kier alpha value is -2.68. The Balaban J connectivity index is 0.00000341. The molecule has 0 unspecified atom stereocenters. The van der Waals surface area contributed by atoms with Gasteiger partial charge in [-0.25, -0.2) is 9.38 Å². The highest BCUT2D eigenvalue weighted by Gasteiger charge is 2.02. The lowest BCUT2D eigenvalue weighted by Crippen LogP contribution is -2.36. The summed E-state index contributed by atoms with van der Waals surface area (Å²) in [6.07, 6.45) is 1.79. The number of aromatic nitrogens is 1. The largest absolute Gasteiger partial charge is 0.357 e. The van der Waals surface area contributed by atoms with Crippen LogP contribution >= 0.6 is 24.0 Å². The molecule has 0 amide bonds. The van der Waals surface area contributed by atoms with Crippen LogP contribution in [0, 0.1) is 12.7 Å². The van der Waals surface area contributed by atoms with Crippen LogP contribution in [0.25, 0.3) is 0 Å². The van der Waals surface area contributed by atoms with Crippen molar-refractivity contribution in [3.8, 4) is 0 Å². The second-order valence-corrected chi connectivity index (χ2v) is 7.12. The molecule has 0 radical (unpaired) electrons. The van der Waals surface area contributed by atoms with E-state index in [0.717, 1.165) is 23.2 Å². The molecule has 0 fully saturated rings. The van der Waals surface area contributed by atoms with Gasteiger partial charge in [0.1, 0.15) is 5.82 Å². The van der Waals surface area contributed by atoms with Crippen LogP contribution in [-0.4, -0.2) is 17.1 Å². The summed E-state index contributed by atoms with van der Waals surface area (Å²) in [6, 6.07) is 18.5. The molecule has 0 aliphatic heterocycles. The van der Waals surface area contributed by atoms with Crippen molar-refractivity contribution >= 4 is 29.9 Å². The minimum atomic E-state index is -0.210. The fourth-order valence-electron chi connectivity index (χ4n) is 2.98. The third kappa shape index (κ3) is 7.50. The standard InChI is InChI=1S/C24H27FN4O.HI/c1-3-26-24(28-16-21-8-7-18(2)22(25)14-21)27-15-19-9-11-20(12-10-19)17-29-13-5-4-6-23(29)30;/h4-14H,3,15-17H2,1-2H3,(H2,26,27,28);1H. The van der Waals surface area contributed by atoms with Crippen LogP contribution in [0.15, 0.2) is 76.6 Å². The fraction of sp³-hybridized carbons (Fsp3) is 0.250. The Morgan fingerprint density at radius 2 is 1.71 bits per heavy atom. The zero-order chi connectivity index (χ0) is 21.3. The van der Waals surface area contributed by atoms with Gasteiger partial charge < -0.3 is 15.2 Å². The predicted molar refractivity (Wildman–Crippen MR) is 134 cm³/mol. The second kappa shape index (κ2) is 12.2. The molecule has 5 nitrogen and oxygen atoms in total. The van der Waals surface area contributed by atoms with Gasteiger partial charge in [0, 0.05) is 25.4 Å². The topological polar surface area (TPSA) is 58.4 Å². The summed E-state index contributed by atoms with van der Waals surface area (Å²) >= 11 is 0. The van der Waals surface area contributed by atoms with Gasteiger partial charge in [0.2, 0.25) is 0 Å². The average molecular weight is 534 g/mol. The van der Waals surface area contributed by atoms with Crippen molar-refractivity contribution in [3.05, 3.63) is 105 Å². The van der Waals surface area contributed by atoms with Crippen molar-refractivity contribution in [1.82, 2.24) is 15.2 Å². The van der Waals surface area contributed by atoms with E-state index < -0.39 is 0 Å². The van der Waals surface area contributed by atoms with Crippen LogP contribution in [0.2, 0.25) is 0 Å². The van der Waals surface area contributed by atoms with Crippen LogP contribution in [0.3, 0.4) is 0 Å². The van der Waals surface area contributed by atoms with Crippen molar-refractivity contribution in [2.24, 2.45) is 4.99 Å². The number of halogens is 2. The minimum absolute atomic E-state index is 0. The number of guanidine groups is 1. The number of nitrogens with one attached hydrogen (secondary N) is 2. The van der Waals surface area contributed by atoms with Crippen molar-refractivity contribution in [1.29, 1.82) is 0 Å². The van der Waals surface area contributed by atoms with Gasteiger partial charge in [-0.15, -0.1) is 24.0 Å². The quantitative estimate of drug-likeness (QED) is 0.271. The first-order chi connectivity index (χ1) is 14.5. The van der Waals surface area contributed by atoms with Gasteiger partial charge in [-0.3, -0.25) is 4.79 Å². The molecule has 0 spiro atoms. The van der Waals surface area contributed by atoms with Gasteiger partial charge >= 0.3 is 0 Å². The molecule has 0 atom stereocenters. The number of hydrogen-bond donors (Lipinski definition) is 2. The first-order valence-corrected chi connectivity index (χ1v) is 10.1. The van der Waals surface area contributed by atoms with E-state index in [1.807, 2.05) is 43.3 Å². The Kier molecular flexibility index (Phi) is 9.71. The van der Waals surface area contributed by atoms with Crippen LogP contribution in [0.1, 0.15) is 29.2 Å². The molecule has 2 N–H and O–H groups in total. The molecule has 2 aromatic carbocycles. The van der Waals surface area contributed by atoms with Crippen molar-refractivity contribution in [3.63, 3.8) is 0 Å². The molecule has 0 aliphatic carbocycles. The Labute approximate surface area is 199 Å². The Morgan fingerprint density at radius 3 is 2.39 bits per heavy atom. The summed E-state index contributed by atoms with van der Waals surface area (Å²) in [5.41, 5.74) is 3.62. The summed E-state index contributed by atoms with van der Waals surface area (Å²) < 4.78 is 15.4. The normalized spacial score (nSPS) is 11.0. The number of rotatable bonds is 7. The van der Waals surface area contributed by atoms with E-state index in [4.69, 9.17) is 0 Å². The van der Waals surface area contributed by atoms with Gasteiger partial charge in [-0.1, -0.05) is 42.5 Å². The number of hydrogen-bond acceptors (Lipinski definition) is 2. The van der Waals surface area contributed by atoms with Crippen molar-refractivity contribution < 1.29 is 4.39 Å². The van der Waals surface area contributed by atoms with Crippen LogP contribution in [0.5, 0.6) is 0 Å². The zero-order valence-electron chi connectivity index (χ0n) is 17.8. The summed E-state index contributed by atoms with van der Waals surface area (Å²) in [6.45, 7) is 6.04. The molecule has 1 aromatic heterocycles. The summed E-state index contributed by atoms with van der Waals surface area (Å²) in [4.78, 5) is 16.4. The van der Waals surface area contributed by atoms with E-state index in [9.17, 15) is 9.18 Å². The number of benzene rings is 2. The minimum Gasteiger partial charge on any atom is -0.357 e. The lowest BCUT2D eigenvalue weighted by Gasteiger charge is -2.12. The molecule has 0 bridgehead atoms. The zero-order valence-corrected chi connectivity index (χ0v) is 20.1. The molecule has 0 saturated heterocycles. The molecule has 3 aromatic rings.